The third-order valence-electron chi connectivity index (χ3n) is 5.30. The summed E-state index contributed by atoms with van der Waals surface area (Å²) >= 11 is 0. The van der Waals surface area contributed by atoms with E-state index in [2.05, 4.69) is 60.0 Å². The molecule has 4 rings (SSSR count). The Hall–Kier alpha value is -1.58. The summed E-state index contributed by atoms with van der Waals surface area (Å²) in [5.41, 5.74) is 1.31. The molecule has 24 heavy (non-hydrogen) atoms. The molecule has 0 aromatic heterocycles. The van der Waals surface area contributed by atoms with Gasteiger partial charge in [-0.25, -0.2) is 0 Å². The highest BCUT2D eigenvalue weighted by Crippen LogP contribution is 2.48. The van der Waals surface area contributed by atoms with Gasteiger partial charge in [0, 0.05) is 18.0 Å². The fourth-order valence-corrected chi connectivity index (χ4v) is 3.86. The third-order valence-corrected chi connectivity index (χ3v) is 5.30. The lowest BCUT2D eigenvalue weighted by Crippen LogP contribution is -2.47. The Morgan fingerprint density at radius 3 is 2.71 bits per heavy atom. The van der Waals surface area contributed by atoms with E-state index in [1.54, 1.807) is 0 Å². The van der Waals surface area contributed by atoms with E-state index in [0.29, 0.717) is 18.0 Å². The van der Waals surface area contributed by atoms with Crippen LogP contribution < -0.4 is 10.6 Å². The summed E-state index contributed by atoms with van der Waals surface area (Å²) in [5.74, 6) is 0.822. The fraction of sp³-hybridized carbons (Fsp3) is 0.450. The van der Waals surface area contributed by atoms with Gasteiger partial charge in [0.2, 0.25) is 5.91 Å². The minimum absolute atomic E-state index is 0. The lowest BCUT2D eigenvalue weighted by molar-refractivity contribution is -0.123. The lowest BCUT2D eigenvalue weighted by atomic mass is 10.00. The minimum Gasteiger partial charge on any atom is -0.353 e. The van der Waals surface area contributed by atoms with Crippen LogP contribution in [0.2, 0.25) is 0 Å². The average molecular weight is 345 g/mol. The topological polar surface area (TPSA) is 41.1 Å². The predicted molar refractivity (Wildman–Crippen MR) is 101 cm³/mol. The van der Waals surface area contributed by atoms with Gasteiger partial charge in [-0.1, -0.05) is 42.5 Å². The van der Waals surface area contributed by atoms with Gasteiger partial charge in [-0.05, 0) is 55.0 Å². The standard InChI is InChI=1S/C20H24N2O.ClH/c1-13-10-17(8-9-21-13)22-20(23)19-12-18(19)16-7-6-14-4-2-3-5-15(14)11-16;/h2-7,11,13,17-19,21H,8-10,12H2,1H3,(H,22,23);1H. The van der Waals surface area contributed by atoms with E-state index in [1.165, 1.54) is 16.3 Å². The van der Waals surface area contributed by atoms with Crippen LogP contribution in [-0.4, -0.2) is 24.5 Å². The first-order valence-corrected chi connectivity index (χ1v) is 8.73. The molecular formula is C20H25ClN2O. The van der Waals surface area contributed by atoms with Crippen molar-refractivity contribution in [2.45, 2.75) is 44.2 Å². The average Bonchev–Trinajstić information content (AvgIpc) is 3.35. The van der Waals surface area contributed by atoms with E-state index >= 15 is 0 Å². The van der Waals surface area contributed by atoms with Gasteiger partial charge in [0.15, 0.2) is 0 Å². The molecule has 2 fully saturated rings. The summed E-state index contributed by atoms with van der Waals surface area (Å²) in [7, 11) is 0. The number of rotatable bonds is 3. The Balaban J connectivity index is 0.00000169. The number of carbonyl (C=O) groups excluding carboxylic acids is 1. The molecule has 2 aliphatic rings. The second kappa shape index (κ2) is 7.12. The molecular weight excluding hydrogens is 320 g/mol. The predicted octanol–water partition coefficient (Wildman–Crippen LogP) is 3.62. The van der Waals surface area contributed by atoms with Crippen molar-refractivity contribution < 1.29 is 4.79 Å². The zero-order valence-electron chi connectivity index (χ0n) is 14.0. The van der Waals surface area contributed by atoms with Crippen LogP contribution in [-0.2, 0) is 4.79 Å². The number of carbonyl (C=O) groups is 1. The molecule has 2 aromatic carbocycles. The minimum atomic E-state index is 0. The molecule has 4 heteroatoms. The first-order chi connectivity index (χ1) is 11.2. The quantitative estimate of drug-likeness (QED) is 0.892. The van der Waals surface area contributed by atoms with Crippen molar-refractivity contribution in [1.29, 1.82) is 0 Å². The van der Waals surface area contributed by atoms with E-state index < -0.39 is 0 Å². The molecule has 4 atom stereocenters. The Kier molecular flexibility index (Phi) is 5.12. The van der Waals surface area contributed by atoms with Crippen LogP contribution >= 0.6 is 12.4 Å². The number of piperidine rings is 1. The fourth-order valence-electron chi connectivity index (χ4n) is 3.86. The van der Waals surface area contributed by atoms with Crippen molar-refractivity contribution in [2.75, 3.05) is 6.54 Å². The highest BCUT2D eigenvalue weighted by Gasteiger charge is 2.44. The molecule has 128 valence electrons. The number of hydrogen-bond donors (Lipinski definition) is 2. The maximum Gasteiger partial charge on any atom is 0.223 e. The van der Waals surface area contributed by atoms with E-state index in [0.717, 1.165) is 25.8 Å². The van der Waals surface area contributed by atoms with Crippen molar-refractivity contribution in [2.24, 2.45) is 5.92 Å². The molecule has 3 nitrogen and oxygen atoms in total. The molecule has 1 amide bonds. The van der Waals surface area contributed by atoms with Crippen molar-refractivity contribution in [3.8, 4) is 0 Å². The lowest BCUT2D eigenvalue weighted by Gasteiger charge is -2.28. The molecule has 1 saturated carbocycles. The third kappa shape index (κ3) is 3.57. The number of hydrogen-bond acceptors (Lipinski definition) is 2. The Morgan fingerprint density at radius 2 is 1.92 bits per heavy atom. The molecule has 1 aliphatic carbocycles. The molecule has 1 saturated heterocycles. The summed E-state index contributed by atoms with van der Waals surface area (Å²) < 4.78 is 0. The highest BCUT2D eigenvalue weighted by atomic mass is 35.5. The number of halogens is 1. The van der Waals surface area contributed by atoms with E-state index in [1.807, 2.05) is 0 Å². The Morgan fingerprint density at radius 1 is 1.12 bits per heavy atom. The summed E-state index contributed by atoms with van der Waals surface area (Å²) in [6.07, 6.45) is 3.08. The molecule has 1 aliphatic heterocycles. The van der Waals surface area contributed by atoms with Gasteiger partial charge in [-0.3, -0.25) is 4.79 Å². The van der Waals surface area contributed by atoms with E-state index in [-0.39, 0.29) is 24.2 Å². The van der Waals surface area contributed by atoms with Crippen molar-refractivity contribution in [1.82, 2.24) is 10.6 Å². The van der Waals surface area contributed by atoms with Crippen LogP contribution in [0.25, 0.3) is 10.8 Å². The van der Waals surface area contributed by atoms with E-state index in [4.69, 9.17) is 0 Å². The van der Waals surface area contributed by atoms with Crippen molar-refractivity contribution in [3.63, 3.8) is 0 Å². The number of fused-ring (bicyclic) bond motifs is 1. The zero-order valence-corrected chi connectivity index (χ0v) is 14.8. The van der Waals surface area contributed by atoms with Crippen LogP contribution in [0.3, 0.4) is 0 Å². The van der Waals surface area contributed by atoms with Crippen LogP contribution in [0.1, 0.15) is 37.7 Å². The number of nitrogens with one attached hydrogen (secondary N) is 2. The molecule has 0 spiro atoms. The normalized spacial score (nSPS) is 28.9. The second-order valence-corrected chi connectivity index (χ2v) is 7.14. The van der Waals surface area contributed by atoms with Crippen molar-refractivity contribution in [3.05, 3.63) is 48.0 Å². The van der Waals surface area contributed by atoms with Gasteiger partial charge in [-0.2, -0.15) is 0 Å². The molecule has 4 unspecified atom stereocenters. The zero-order chi connectivity index (χ0) is 15.8. The Bertz CT molecular complexity index is 732. The van der Waals surface area contributed by atoms with Gasteiger partial charge in [0.05, 0.1) is 0 Å². The van der Waals surface area contributed by atoms with Gasteiger partial charge in [0.1, 0.15) is 0 Å². The summed E-state index contributed by atoms with van der Waals surface area (Å²) in [6, 6.07) is 15.9. The van der Waals surface area contributed by atoms with Crippen LogP contribution in [0.5, 0.6) is 0 Å². The smallest absolute Gasteiger partial charge is 0.223 e. The molecule has 0 bridgehead atoms. The monoisotopic (exact) mass is 344 g/mol. The number of benzene rings is 2. The van der Waals surface area contributed by atoms with Gasteiger partial charge >= 0.3 is 0 Å². The van der Waals surface area contributed by atoms with E-state index in [9.17, 15) is 4.79 Å². The highest BCUT2D eigenvalue weighted by molar-refractivity contribution is 5.86. The van der Waals surface area contributed by atoms with Gasteiger partial charge in [-0.15, -0.1) is 12.4 Å². The summed E-state index contributed by atoms with van der Waals surface area (Å²) in [4.78, 5) is 12.5. The first kappa shape index (κ1) is 17.2. The summed E-state index contributed by atoms with van der Waals surface area (Å²) in [6.45, 7) is 3.19. The Labute approximate surface area is 149 Å². The maximum atomic E-state index is 12.5. The van der Waals surface area contributed by atoms with Crippen LogP contribution in [0.4, 0.5) is 0 Å². The first-order valence-electron chi connectivity index (χ1n) is 8.73. The van der Waals surface area contributed by atoms with Crippen molar-refractivity contribution >= 4 is 29.1 Å². The molecule has 2 aromatic rings. The van der Waals surface area contributed by atoms with Gasteiger partial charge in [0.25, 0.3) is 0 Å². The number of amides is 1. The van der Waals surface area contributed by atoms with Crippen LogP contribution in [0, 0.1) is 5.92 Å². The molecule has 2 N–H and O–H groups in total. The molecule has 1 heterocycles. The summed E-state index contributed by atoms with van der Waals surface area (Å²) in [5, 5.41) is 9.23. The molecule has 0 radical (unpaired) electrons. The van der Waals surface area contributed by atoms with Gasteiger partial charge < -0.3 is 10.6 Å². The van der Waals surface area contributed by atoms with Crippen LogP contribution in [0.15, 0.2) is 42.5 Å². The second-order valence-electron chi connectivity index (χ2n) is 7.14. The largest absolute Gasteiger partial charge is 0.353 e. The maximum absolute atomic E-state index is 12.5. The SMILES string of the molecule is CC1CC(NC(=O)C2CC2c2ccc3ccccc3c2)CCN1.Cl.